The van der Waals surface area contributed by atoms with Crippen molar-refractivity contribution in [3.8, 4) is 0 Å². The van der Waals surface area contributed by atoms with Crippen LogP contribution in [0.15, 0.2) is 28.7 Å². The molecule has 0 radical (unpaired) electrons. The van der Waals surface area contributed by atoms with Gasteiger partial charge >= 0.3 is 5.97 Å². The third kappa shape index (κ3) is 2.23. The van der Waals surface area contributed by atoms with Gasteiger partial charge in [0, 0.05) is 5.39 Å². The van der Waals surface area contributed by atoms with Gasteiger partial charge < -0.3 is 9.52 Å². The van der Waals surface area contributed by atoms with Crippen LogP contribution in [-0.4, -0.2) is 25.7 Å². The van der Waals surface area contributed by atoms with Gasteiger partial charge in [0.15, 0.2) is 0 Å². The molecule has 2 rings (SSSR count). The van der Waals surface area contributed by atoms with Crippen LogP contribution in [0.4, 0.5) is 5.88 Å². The van der Waals surface area contributed by atoms with Crippen LogP contribution >= 0.6 is 0 Å². The fourth-order valence-electron chi connectivity index (χ4n) is 1.50. The first-order valence-electron chi connectivity index (χ1n) is 4.61. The number of para-hydroxylation sites is 1. The molecule has 0 unspecified atom stereocenters. The largest absolute Gasteiger partial charge is 0.477 e. The summed E-state index contributed by atoms with van der Waals surface area (Å²) in [4.78, 5) is 11.1. The molecule has 17 heavy (non-hydrogen) atoms. The minimum Gasteiger partial charge on any atom is -0.477 e. The minimum atomic E-state index is -3.59. The zero-order chi connectivity index (χ0) is 12.6. The molecule has 0 bridgehead atoms. The number of hydrogen-bond acceptors (Lipinski definition) is 4. The maximum Gasteiger partial charge on any atom is 0.341 e. The van der Waals surface area contributed by atoms with Gasteiger partial charge in [0.1, 0.15) is 11.1 Å². The Bertz CT molecular complexity index is 686. The van der Waals surface area contributed by atoms with E-state index in [1.807, 2.05) is 4.72 Å². The number of sulfonamides is 1. The zero-order valence-corrected chi connectivity index (χ0v) is 9.61. The smallest absolute Gasteiger partial charge is 0.341 e. The lowest BCUT2D eigenvalue weighted by Gasteiger charge is -2.00. The number of rotatable bonds is 3. The average Bonchev–Trinajstić information content (AvgIpc) is 2.51. The van der Waals surface area contributed by atoms with Crippen LogP contribution in [0.3, 0.4) is 0 Å². The highest BCUT2D eigenvalue weighted by atomic mass is 32.2. The molecule has 90 valence electrons. The Hall–Kier alpha value is -2.02. The van der Waals surface area contributed by atoms with E-state index in [4.69, 9.17) is 9.52 Å². The fraction of sp³-hybridized carbons (Fsp3) is 0.100. The summed E-state index contributed by atoms with van der Waals surface area (Å²) in [6.07, 6.45) is 0.922. The molecule has 0 spiro atoms. The molecule has 2 N–H and O–H groups in total. The van der Waals surface area contributed by atoms with Gasteiger partial charge in [0.2, 0.25) is 15.9 Å². The number of anilines is 1. The summed E-state index contributed by atoms with van der Waals surface area (Å²) in [6.45, 7) is 0. The SMILES string of the molecule is CS(=O)(=O)Nc1oc2ccccc2c1C(=O)O. The van der Waals surface area contributed by atoms with E-state index in [1.165, 1.54) is 0 Å². The topological polar surface area (TPSA) is 96.6 Å². The van der Waals surface area contributed by atoms with Crippen LogP contribution in [0.25, 0.3) is 11.0 Å². The van der Waals surface area contributed by atoms with Gasteiger partial charge in [-0.05, 0) is 6.07 Å². The highest BCUT2D eigenvalue weighted by Crippen LogP contribution is 2.30. The Morgan fingerprint density at radius 3 is 2.59 bits per heavy atom. The summed E-state index contributed by atoms with van der Waals surface area (Å²) in [5.41, 5.74) is 0.127. The third-order valence-corrected chi connectivity index (χ3v) is 2.64. The quantitative estimate of drug-likeness (QED) is 0.866. The van der Waals surface area contributed by atoms with Crippen molar-refractivity contribution in [2.24, 2.45) is 0 Å². The third-order valence-electron chi connectivity index (χ3n) is 2.09. The first-order chi connectivity index (χ1) is 7.88. The molecular formula is C10H9NO5S. The van der Waals surface area contributed by atoms with Crippen molar-refractivity contribution >= 4 is 32.8 Å². The number of carbonyl (C=O) groups is 1. The molecule has 1 aromatic heterocycles. The van der Waals surface area contributed by atoms with Crippen molar-refractivity contribution in [1.82, 2.24) is 0 Å². The highest BCUT2D eigenvalue weighted by Gasteiger charge is 2.21. The number of benzene rings is 1. The molecule has 1 heterocycles. The van der Waals surface area contributed by atoms with Crippen LogP contribution in [0.1, 0.15) is 10.4 Å². The second-order valence-electron chi connectivity index (χ2n) is 3.48. The van der Waals surface area contributed by atoms with Gasteiger partial charge in [0.25, 0.3) is 0 Å². The summed E-state index contributed by atoms with van der Waals surface area (Å²) < 4.78 is 29.4. The first-order valence-corrected chi connectivity index (χ1v) is 6.50. The molecule has 0 aliphatic rings. The Morgan fingerprint density at radius 2 is 2.00 bits per heavy atom. The number of fused-ring (bicyclic) bond motifs is 1. The predicted molar refractivity (Wildman–Crippen MR) is 61.6 cm³/mol. The van der Waals surface area contributed by atoms with Gasteiger partial charge in [-0.15, -0.1) is 0 Å². The van der Waals surface area contributed by atoms with Gasteiger partial charge in [-0.2, -0.15) is 0 Å². The van der Waals surface area contributed by atoms with E-state index in [9.17, 15) is 13.2 Å². The van der Waals surface area contributed by atoms with E-state index < -0.39 is 16.0 Å². The molecular weight excluding hydrogens is 246 g/mol. The lowest BCUT2D eigenvalue weighted by atomic mass is 10.2. The molecule has 0 atom stereocenters. The van der Waals surface area contributed by atoms with Crippen molar-refractivity contribution in [3.05, 3.63) is 29.8 Å². The second kappa shape index (κ2) is 3.77. The maximum atomic E-state index is 11.1. The monoisotopic (exact) mass is 255 g/mol. The van der Waals surface area contributed by atoms with Crippen LogP contribution in [0.2, 0.25) is 0 Å². The van der Waals surface area contributed by atoms with Gasteiger partial charge in [-0.25, -0.2) is 13.2 Å². The molecule has 7 heteroatoms. The molecule has 0 saturated carbocycles. The number of nitrogens with one attached hydrogen (secondary N) is 1. The van der Waals surface area contributed by atoms with E-state index in [1.54, 1.807) is 24.3 Å². The number of carboxylic acid groups (broad SMARTS) is 1. The second-order valence-corrected chi connectivity index (χ2v) is 5.23. The van der Waals surface area contributed by atoms with E-state index in [-0.39, 0.29) is 11.4 Å². The number of aromatic carboxylic acids is 1. The fourth-order valence-corrected chi connectivity index (χ4v) is 1.98. The average molecular weight is 255 g/mol. The van der Waals surface area contributed by atoms with Gasteiger partial charge in [-0.1, -0.05) is 18.2 Å². The molecule has 0 saturated heterocycles. The number of carboxylic acids is 1. The summed E-state index contributed by atoms with van der Waals surface area (Å²) in [5, 5.41) is 9.41. The standard InChI is InChI=1S/C10H9NO5S/c1-17(14,15)11-9-8(10(12)13)6-4-2-3-5-7(6)16-9/h2-5,11H,1H3,(H,12,13). The molecule has 0 amide bonds. The van der Waals surface area contributed by atoms with E-state index in [0.29, 0.717) is 11.0 Å². The Morgan fingerprint density at radius 1 is 1.35 bits per heavy atom. The molecule has 0 aliphatic carbocycles. The van der Waals surface area contributed by atoms with Crippen molar-refractivity contribution in [3.63, 3.8) is 0 Å². The zero-order valence-electron chi connectivity index (χ0n) is 8.80. The Kier molecular flexibility index (Phi) is 2.55. The van der Waals surface area contributed by atoms with Crippen LogP contribution in [-0.2, 0) is 10.0 Å². The van der Waals surface area contributed by atoms with Crippen molar-refractivity contribution in [1.29, 1.82) is 0 Å². The van der Waals surface area contributed by atoms with Crippen molar-refractivity contribution in [2.45, 2.75) is 0 Å². The summed E-state index contributed by atoms with van der Waals surface area (Å²) in [7, 11) is -3.59. The summed E-state index contributed by atoms with van der Waals surface area (Å²) in [5.74, 6) is -1.53. The molecule has 1 aromatic carbocycles. The first kappa shape index (κ1) is 11.5. The highest BCUT2D eigenvalue weighted by molar-refractivity contribution is 7.92. The van der Waals surface area contributed by atoms with Crippen LogP contribution in [0, 0.1) is 0 Å². The lowest BCUT2D eigenvalue weighted by molar-refractivity contribution is 0.0699. The Labute approximate surface area is 96.9 Å². The normalized spacial score (nSPS) is 11.6. The number of hydrogen-bond donors (Lipinski definition) is 2. The Balaban J connectivity index is 2.70. The van der Waals surface area contributed by atoms with E-state index in [0.717, 1.165) is 6.26 Å². The van der Waals surface area contributed by atoms with Gasteiger partial charge in [0.05, 0.1) is 6.26 Å². The molecule has 0 aliphatic heterocycles. The van der Waals surface area contributed by atoms with Crippen molar-refractivity contribution in [2.75, 3.05) is 11.0 Å². The molecule has 6 nitrogen and oxygen atoms in total. The number of furan rings is 1. The maximum absolute atomic E-state index is 11.1. The summed E-state index contributed by atoms with van der Waals surface area (Å²) >= 11 is 0. The minimum absolute atomic E-state index is 0.189. The van der Waals surface area contributed by atoms with E-state index in [2.05, 4.69) is 0 Å². The van der Waals surface area contributed by atoms with Crippen molar-refractivity contribution < 1.29 is 22.7 Å². The molecule has 2 aromatic rings. The van der Waals surface area contributed by atoms with Gasteiger partial charge in [-0.3, -0.25) is 4.72 Å². The lowest BCUT2D eigenvalue weighted by Crippen LogP contribution is -2.11. The van der Waals surface area contributed by atoms with Crippen LogP contribution < -0.4 is 4.72 Å². The predicted octanol–water partition coefficient (Wildman–Crippen LogP) is 1.50. The van der Waals surface area contributed by atoms with Crippen LogP contribution in [0.5, 0.6) is 0 Å². The summed E-state index contributed by atoms with van der Waals surface area (Å²) in [6, 6.07) is 6.43. The molecule has 0 fully saturated rings. The van der Waals surface area contributed by atoms with E-state index >= 15 is 0 Å².